The lowest BCUT2D eigenvalue weighted by atomic mass is 9.89. The van der Waals surface area contributed by atoms with Crippen LogP contribution < -0.4 is 4.74 Å². The van der Waals surface area contributed by atoms with E-state index >= 15 is 0 Å². The first-order chi connectivity index (χ1) is 9.26. The van der Waals surface area contributed by atoms with Crippen LogP contribution in [0.4, 0.5) is 8.78 Å². The van der Waals surface area contributed by atoms with Crippen LogP contribution >= 0.6 is 0 Å². The Labute approximate surface area is 116 Å². The highest BCUT2D eigenvalue weighted by molar-refractivity contribution is 5.79. The Kier molecular flexibility index (Phi) is 5.05. The number of halogens is 2. The number of esters is 1. The maximum absolute atomic E-state index is 13.9. The van der Waals surface area contributed by atoms with Gasteiger partial charge in [0.25, 0.3) is 0 Å². The third-order valence-corrected chi connectivity index (χ3v) is 2.94. The van der Waals surface area contributed by atoms with E-state index in [1.165, 1.54) is 14.0 Å². The van der Waals surface area contributed by atoms with Gasteiger partial charge >= 0.3 is 11.9 Å². The second kappa shape index (κ2) is 6.17. The van der Waals surface area contributed by atoms with Crippen molar-refractivity contribution in [2.75, 3.05) is 13.7 Å². The molecule has 4 nitrogen and oxygen atoms in total. The van der Waals surface area contributed by atoms with E-state index in [-0.39, 0.29) is 6.61 Å². The molecule has 1 unspecified atom stereocenters. The van der Waals surface area contributed by atoms with Crippen molar-refractivity contribution >= 4 is 5.97 Å². The topological polar surface area (TPSA) is 55.8 Å². The Morgan fingerprint density at radius 1 is 1.35 bits per heavy atom. The third-order valence-electron chi connectivity index (χ3n) is 2.94. The van der Waals surface area contributed by atoms with E-state index in [1.807, 2.05) is 0 Å². The number of aliphatic hydroxyl groups is 1. The molecule has 1 atom stereocenters. The largest absolute Gasteiger partial charge is 0.496 e. The number of carbonyl (C=O) groups is 1. The summed E-state index contributed by atoms with van der Waals surface area (Å²) in [6, 6.07) is 6.46. The van der Waals surface area contributed by atoms with Gasteiger partial charge in [-0.2, -0.15) is 8.78 Å². The molecule has 0 saturated carbocycles. The quantitative estimate of drug-likeness (QED) is 0.815. The Bertz CT molecular complexity index is 472. The fraction of sp³-hybridized carbons (Fsp3) is 0.500. The number of ether oxygens (including phenoxy) is 2. The van der Waals surface area contributed by atoms with Crippen molar-refractivity contribution in [1.82, 2.24) is 0 Å². The zero-order valence-electron chi connectivity index (χ0n) is 11.7. The molecular formula is C14H18F2O4. The molecule has 1 aromatic rings. The van der Waals surface area contributed by atoms with Crippen molar-refractivity contribution in [2.45, 2.75) is 31.8 Å². The Hall–Kier alpha value is -1.69. The minimum Gasteiger partial charge on any atom is -0.496 e. The summed E-state index contributed by atoms with van der Waals surface area (Å²) in [4.78, 5) is 11.3. The van der Waals surface area contributed by atoms with Crippen molar-refractivity contribution in [3.05, 3.63) is 29.8 Å². The van der Waals surface area contributed by atoms with Crippen molar-refractivity contribution < 1.29 is 28.2 Å². The minimum absolute atomic E-state index is 0.181. The molecule has 112 valence electrons. The molecule has 0 amide bonds. The van der Waals surface area contributed by atoms with Gasteiger partial charge in [0.1, 0.15) is 11.4 Å². The summed E-state index contributed by atoms with van der Waals surface area (Å²) in [6.07, 6.45) is -0.442. The molecule has 20 heavy (non-hydrogen) atoms. The number of alkyl halides is 2. The van der Waals surface area contributed by atoms with E-state index < -0.39 is 23.9 Å². The van der Waals surface area contributed by atoms with Gasteiger partial charge in [-0.3, -0.25) is 0 Å². The van der Waals surface area contributed by atoms with Crippen LogP contribution in [-0.4, -0.2) is 36.3 Å². The first-order valence-corrected chi connectivity index (χ1v) is 6.15. The van der Waals surface area contributed by atoms with Crippen LogP contribution in [0.2, 0.25) is 0 Å². The number of hydrogen-bond acceptors (Lipinski definition) is 4. The molecule has 0 spiro atoms. The molecule has 0 fully saturated rings. The molecule has 0 heterocycles. The SMILES string of the molecule is CCOC(=O)C(F)(F)C(C)(O)Cc1ccccc1OC. The van der Waals surface area contributed by atoms with E-state index in [9.17, 15) is 18.7 Å². The normalized spacial score (nSPS) is 14.5. The summed E-state index contributed by atoms with van der Waals surface area (Å²) in [5, 5.41) is 10.0. The molecule has 0 aliphatic heterocycles. The fourth-order valence-electron chi connectivity index (χ4n) is 1.77. The molecule has 1 aromatic carbocycles. The number of methoxy groups -OCH3 is 1. The molecule has 1 rings (SSSR count). The summed E-state index contributed by atoms with van der Waals surface area (Å²) in [6.45, 7) is 2.14. The minimum atomic E-state index is -4.01. The van der Waals surface area contributed by atoms with Crippen LogP contribution in [0.15, 0.2) is 24.3 Å². The van der Waals surface area contributed by atoms with Crippen LogP contribution in [0.3, 0.4) is 0 Å². The first-order valence-electron chi connectivity index (χ1n) is 6.15. The first kappa shape index (κ1) is 16.4. The summed E-state index contributed by atoms with van der Waals surface area (Å²) < 4.78 is 37.2. The van der Waals surface area contributed by atoms with E-state index in [0.29, 0.717) is 11.3 Å². The highest BCUT2D eigenvalue weighted by atomic mass is 19.3. The zero-order chi connectivity index (χ0) is 15.4. The predicted molar refractivity (Wildman–Crippen MR) is 68.9 cm³/mol. The predicted octanol–water partition coefficient (Wildman–Crippen LogP) is 2.19. The molecule has 0 bridgehead atoms. The molecule has 0 saturated heterocycles. The maximum atomic E-state index is 13.9. The lowest BCUT2D eigenvalue weighted by Crippen LogP contribution is -2.53. The van der Waals surface area contributed by atoms with Crippen molar-refractivity contribution in [3.63, 3.8) is 0 Å². The Morgan fingerprint density at radius 2 is 1.95 bits per heavy atom. The van der Waals surface area contributed by atoms with Crippen LogP contribution in [0.1, 0.15) is 19.4 Å². The van der Waals surface area contributed by atoms with Crippen molar-refractivity contribution in [3.8, 4) is 5.75 Å². The van der Waals surface area contributed by atoms with Gasteiger partial charge in [0, 0.05) is 6.42 Å². The maximum Gasteiger partial charge on any atom is 0.380 e. The summed E-state index contributed by atoms with van der Waals surface area (Å²) in [7, 11) is 1.40. The average molecular weight is 288 g/mol. The second-order valence-electron chi connectivity index (χ2n) is 4.56. The summed E-state index contributed by atoms with van der Waals surface area (Å²) in [5.74, 6) is -5.38. The molecular weight excluding hydrogens is 270 g/mol. The van der Waals surface area contributed by atoms with Gasteiger partial charge in [0.2, 0.25) is 0 Å². The van der Waals surface area contributed by atoms with Crippen molar-refractivity contribution in [1.29, 1.82) is 0 Å². The van der Waals surface area contributed by atoms with Crippen LogP contribution in [0, 0.1) is 0 Å². The van der Waals surface area contributed by atoms with Gasteiger partial charge < -0.3 is 14.6 Å². The standard InChI is InChI=1S/C14H18F2O4/c1-4-20-12(17)14(15,16)13(2,18)9-10-7-5-6-8-11(10)19-3/h5-8,18H,4,9H2,1-3H3. The van der Waals surface area contributed by atoms with Crippen molar-refractivity contribution in [2.24, 2.45) is 0 Å². The van der Waals surface area contributed by atoms with Gasteiger partial charge in [-0.15, -0.1) is 0 Å². The van der Waals surface area contributed by atoms with Gasteiger partial charge in [0.05, 0.1) is 13.7 Å². The fourth-order valence-corrected chi connectivity index (χ4v) is 1.77. The molecule has 1 N–H and O–H groups in total. The lowest BCUT2D eigenvalue weighted by molar-refractivity contribution is -0.209. The van der Waals surface area contributed by atoms with Gasteiger partial charge in [0.15, 0.2) is 0 Å². The molecule has 6 heteroatoms. The molecule has 0 aliphatic carbocycles. The highest BCUT2D eigenvalue weighted by Crippen LogP contribution is 2.35. The lowest BCUT2D eigenvalue weighted by Gasteiger charge is -2.31. The van der Waals surface area contributed by atoms with Crippen LogP contribution in [-0.2, 0) is 16.0 Å². The smallest absolute Gasteiger partial charge is 0.380 e. The number of hydrogen-bond donors (Lipinski definition) is 1. The van der Waals surface area contributed by atoms with E-state index in [2.05, 4.69) is 4.74 Å². The molecule has 0 radical (unpaired) electrons. The summed E-state index contributed by atoms with van der Waals surface area (Å²) >= 11 is 0. The van der Waals surface area contributed by atoms with Gasteiger partial charge in [-0.05, 0) is 25.5 Å². The number of rotatable bonds is 6. The molecule has 0 aliphatic rings. The second-order valence-corrected chi connectivity index (χ2v) is 4.56. The number of carbonyl (C=O) groups excluding carboxylic acids is 1. The summed E-state index contributed by atoms with van der Waals surface area (Å²) in [5.41, 5.74) is -2.20. The van der Waals surface area contributed by atoms with Crippen LogP contribution in [0.5, 0.6) is 5.75 Å². The Morgan fingerprint density at radius 3 is 2.50 bits per heavy atom. The number of para-hydroxylation sites is 1. The van der Waals surface area contributed by atoms with E-state index in [4.69, 9.17) is 4.74 Å². The van der Waals surface area contributed by atoms with Crippen LogP contribution in [0.25, 0.3) is 0 Å². The van der Waals surface area contributed by atoms with Gasteiger partial charge in [-0.1, -0.05) is 18.2 Å². The van der Waals surface area contributed by atoms with E-state index in [1.54, 1.807) is 24.3 Å². The zero-order valence-corrected chi connectivity index (χ0v) is 11.7. The number of benzene rings is 1. The van der Waals surface area contributed by atoms with E-state index in [0.717, 1.165) is 6.92 Å². The van der Waals surface area contributed by atoms with Gasteiger partial charge in [-0.25, -0.2) is 4.79 Å². The highest BCUT2D eigenvalue weighted by Gasteiger charge is 2.56. The average Bonchev–Trinajstić information content (AvgIpc) is 2.39. The third kappa shape index (κ3) is 3.25. The Balaban J connectivity index is 3.01. The molecule has 0 aromatic heterocycles. The monoisotopic (exact) mass is 288 g/mol.